The summed E-state index contributed by atoms with van der Waals surface area (Å²) in [7, 11) is 0. The quantitative estimate of drug-likeness (QED) is 0.134. The van der Waals surface area contributed by atoms with Gasteiger partial charge in [-0.1, -0.05) is 109 Å². The molecule has 5 rings (SSSR count). The summed E-state index contributed by atoms with van der Waals surface area (Å²) in [5.74, 6) is -0.385. The van der Waals surface area contributed by atoms with Crippen molar-refractivity contribution in [3.8, 4) is 6.07 Å². The van der Waals surface area contributed by atoms with Crippen molar-refractivity contribution in [1.82, 2.24) is 0 Å². The molecule has 0 saturated carbocycles. The first kappa shape index (κ1) is 25.9. The lowest BCUT2D eigenvalue weighted by molar-refractivity contribution is -0.156. The maximum absolute atomic E-state index is 13.8. The number of fused-ring (bicyclic) bond motifs is 2. The molecule has 5 aromatic carbocycles. The molecule has 5 aromatic rings. The monoisotopic (exact) mass is 510 g/mol. The molecule has 0 aromatic heterocycles. The molecule has 0 aliphatic heterocycles. The molecule has 0 saturated heterocycles. The summed E-state index contributed by atoms with van der Waals surface area (Å²) in [6.45, 7) is 5.61. The lowest BCUT2D eigenvalue weighted by atomic mass is 9.89. The van der Waals surface area contributed by atoms with Gasteiger partial charge in [-0.15, -0.1) is 0 Å². The van der Waals surface area contributed by atoms with Crippen molar-refractivity contribution in [2.45, 2.75) is 38.8 Å². The topological polar surface area (TPSA) is 62.5 Å². The number of hydrogen-bond donors (Lipinski definition) is 0. The van der Waals surface area contributed by atoms with Gasteiger partial charge >= 0.3 is 5.97 Å². The van der Waals surface area contributed by atoms with Crippen molar-refractivity contribution in [2.75, 3.05) is 0 Å². The Morgan fingerprint density at radius 3 is 1.62 bits per heavy atom. The second-order valence-electron chi connectivity index (χ2n) is 10.5. The predicted octanol–water partition coefficient (Wildman–Crippen LogP) is 7.66. The second kappa shape index (κ2) is 10.9. The Morgan fingerprint density at radius 2 is 1.18 bits per heavy atom. The number of carbonyl (C=O) groups is 1. The van der Waals surface area contributed by atoms with Crippen molar-refractivity contribution >= 4 is 33.2 Å². The van der Waals surface area contributed by atoms with Crippen molar-refractivity contribution in [1.29, 1.82) is 5.26 Å². The molecule has 0 amide bonds. The van der Waals surface area contributed by atoms with Crippen molar-refractivity contribution in [3.05, 3.63) is 131 Å². The summed E-state index contributed by atoms with van der Waals surface area (Å²) >= 11 is 0. The number of esters is 1. The van der Waals surface area contributed by atoms with E-state index in [9.17, 15) is 10.1 Å². The minimum atomic E-state index is -0.806. The molecule has 192 valence electrons. The van der Waals surface area contributed by atoms with E-state index in [1.807, 2.05) is 130 Å². The Hall–Kier alpha value is -4.75. The highest BCUT2D eigenvalue weighted by Crippen LogP contribution is 2.34. The fraction of sp³-hybridized carbons (Fsp3) is 0.171. The maximum atomic E-state index is 13.8. The highest BCUT2D eigenvalue weighted by atomic mass is 16.6. The van der Waals surface area contributed by atoms with Crippen LogP contribution in [0.2, 0.25) is 0 Å². The molecule has 0 fully saturated rings. The molecule has 4 heteroatoms. The first-order chi connectivity index (χ1) is 18.9. The van der Waals surface area contributed by atoms with E-state index < -0.39 is 11.6 Å². The summed E-state index contributed by atoms with van der Waals surface area (Å²) in [6, 6.07) is 37.2. The van der Waals surface area contributed by atoms with Crippen LogP contribution < -0.4 is 0 Å². The van der Waals surface area contributed by atoms with Gasteiger partial charge in [-0.3, -0.25) is 4.99 Å². The molecule has 0 unspecified atom stereocenters. The van der Waals surface area contributed by atoms with Crippen LogP contribution in [0.15, 0.2) is 114 Å². The van der Waals surface area contributed by atoms with E-state index in [0.29, 0.717) is 12.0 Å². The number of aliphatic imine (C=N–C) groups is 1. The number of benzene rings is 5. The number of nitrogens with zero attached hydrogens (tertiary/aromatic N) is 2. The summed E-state index contributed by atoms with van der Waals surface area (Å²) in [4.78, 5) is 18.9. The molecule has 0 aliphatic carbocycles. The summed E-state index contributed by atoms with van der Waals surface area (Å²) in [6.07, 6.45) is 0.324. The molecule has 0 spiro atoms. The van der Waals surface area contributed by atoms with E-state index in [0.717, 1.165) is 43.9 Å². The SMILES string of the molecule is CC(C)(C)OC(=O)[C@H](Cc1c2ccccc2c(C#N)c2ccccc12)N=C(c1ccccc1)c1ccccc1. The zero-order valence-corrected chi connectivity index (χ0v) is 22.4. The van der Waals surface area contributed by atoms with Crippen LogP contribution in [-0.4, -0.2) is 23.3 Å². The molecular formula is C35H30N2O2. The number of carbonyl (C=O) groups excluding carboxylic acids is 1. The normalized spacial score (nSPS) is 12.1. The van der Waals surface area contributed by atoms with Crippen LogP contribution in [0.5, 0.6) is 0 Å². The molecule has 0 heterocycles. The van der Waals surface area contributed by atoms with Gasteiger partial charge in [-0.25, -0.2) is 4.79 Å². The third-order valence-electron chi connectivity index (χ3n) is 6.61. The lowest BCUT2D eigenvalue weighted by Gasteiger charge is -2.24. The Morgan fingerprint density at radius 1 is 0.744 bits per heavy atom. The Kier molecular flexibility index (Phi) is 7.25. The maximum Gasteiger partial charge on any atom is 0.331 e. The van der Waals surface area contributed by atoms with E-state index in [1.165, 1.54) is 0 Å². The van der Waals surface area contributed by atoms with Crippen LogP contribution in [0.25, 0.3) is 21.5 Å². The van der Waals surface area contributed by atoms with E-state index in [1.54, 1.807) is 0 Å². The molecule has 0 N–H and O–H groups in total. The van der Waals surface area contributed by atoms with Gasteiger partial charge in [0.15, 0.2) is 6.04 Å². The zero-order valence-electron chi connectivity index (χ0n) is 22.4. The van der Waals surface area contributed by atoms with E-state index in [-0.39, 0.29) is 5.97 Å². The number of hydrogen-bond acceptors (Lipinski definition) is 4. The van der Waals surface area contributed by atoms with Crippen molar-refractivity contribution in [2.24, 2.45) is 4.99 Å². The van der Waals surface area contributed by atoms with Gasteiger partial charge in [-0.2, -0.15) is 5.26 Å². The highest BCUT2D eigenvalue weighted by molar-refractivity contribution is 6.14. The first-order valence-electron chi connectivity index (χ1n) is 13.1. The number of nitriles is 1. The molecule has 0 aliphatic rings. The summed E-state index contributed by atoms with van der Waals surface area (Å²) in [5, 5.41) is 13.7. The average Bonchev–Trinajstić information content (AvgIpc) is 2.95. The van der Waals surface area contributed by atoms with Gasteiger partial charge in [-0.05, 0) is 37.1 Å². The van der Waals surface area contributed by atoms with Gasteiger partial charge in [0.25, 0.3) is 0 Å². The van der Waals surface area contributed by atoms with E-state index in [4.69, 9.17) is 9.73 Å². The Labute approximate surface area is 229 Å². The molecule has 39 heavy (non-hydrogen) atoms. The van der Waals surface area contributed by atoms with E-state index >= 15 is 0 Å². The first-order valence-corrected chi connectivity index (χ1v) is 13.1. The van der Waals surface area contributed by atoms with Gasteiger partial charge in [0.05, 0.1) is 11.3 Å². The van der Waals surface area contributed by atoms with Gasteiger partial charge in [0.2, 0.25) is 0 Å². The highest BCUT2D eigenvalue weighted by Gasteiger charge is 2.28. The average molecular weight is 511 g/mol. The second-order valence-corrected chi connectivity index (χ2v) is 10.5. The molecular weight excluding hydrogens is 480 g/mol. The fourth-order valence-electron chi connectivity index (χ4n) is 4.97. The zero-order chi connectivity index (χ0) is 27.4. The summed E-state index contributed by atoms with van der Waals surface area (Å²) < 4.78 is 5.92. The van der Waals surface area contributed by atoms with Crippen LogP contribution in [-0.2, 0) is 16.0 Å². The molecule has 4 nitrogen and oxygen atoms in total. The van der Waals surface area contributed by atoms with Gasteiger partial charge in [0.1, 0.15) is 11.7 Å². The standard InChI is InChI=1S/C35H30N2O2/c1-35(2,3)39-34(38)32(37-33(24-14-6-4-7-15-24)25-16-8-5-9-17-25)22-30-26-18-10-12-20-28(26)31(23-36)29-21-13-11-19-27(29)30/h4-21,32H,22H2,1-3H3/t32-/m0/s1. The van der Waals surface area contributed by atoms with Crippen LogP contribution >= 0.6 is 0 Å². The smallest absolute Gasteiger partial charge is 0.331 e. The largest absolute Gasteiger partial charge is 0.458 e. The van der Waals surface area contributed by atoms with Crippen molar-refractivity contribution < 1.29 is 9.53 Å². The third-order valence-corrected chi connectivity index (χ3v) is 6.61. The number of ether oxygens (including phenoxy) is 1. The minimum Gasteiger partial charge on any atom is -0.458 e. The molecule has 0 bridgehead atoms. The lowest BCUT2D eigenvalue weighted by Crippen LogP contribution is -2.33. The predicted molar refractivity (Wildman–Crippen MR) is 158 cm³/mol. The third kappa shape index (κ3) is 5.58. The number of rotatable bonds is 6. The molecule has 1 atom stereocenters. The fourth-order valence-corrected chi connectivity index (χ4v) is 4.97. The van der Waals surface area contributed by atoms with Crippen LogP contribution in [0.3, 0.4) is 0 Å². The minimum absolute atomic E-state index is 0.324. The Balaban J connectivity index is 1.74. The van der Waals surface area contributed by atoms with Gasteiger partial charge < -0.3 is 4.74 Å². The van der Waals surface area contributed by atoms with Gasteiger partial charge in [0, 0.05) is 28.3 Å². The van der Waals surface area contributed by atoms with Crippen molar-refractivity contribution in [3.63, 3.8) is 0 Å². The Bertz CT molecular complexity index is 1610. The van der Waals surface area contributed by atoms with Crippen LogP contribution in [0, 0.1) is 11.3 Å². The van der Waals surface area contributed by atoms with Crippen LogP contribution in [0.1, 0.15) is 43.0 Å². The summed E-state index contributed by atoms with van der Waals surface area (Å²) in [5.41, 5.74) is 3.52. The van der Waals surface area contributed by atoms with Crippen LogP contribution in [0.4, 0.5) is 0 Å². The van der Waals surface area contributed by atoms with E-state index in [2.05, 4.69) is 6.07 Å². The molecule has 0 radical (unpaired) electrons.